The van der Waals surface area contributed by atoms with Crippen LogP contribution in [-0.2, 0) is 71.5 Å². The van der Waals surface area contributed by atoms with Gasteiger partial charge in [-0.15, -0.1) is 0 Å². The van der Waals surface area contributed by atoms with Crippen molar-refractivity contribution >= 4 is 61.6 Å². The molecule has 0 radical (unpaired) electrons. The van der Waals surface area contributed by atoms with E-state index in [-0.39, 0.29) is 75.7 Å². The van der Waals surface area contributed by atoms with Gasteiger partial charge in [-0.2, -0.15) is 12.6 Å². The number of aliphatic hydroxyl groups excluding tert-OH is 1. The lowest BCUT2D eigenvalue weighted by Crippen LogP contribution is -2.52. The molecule has 0 spiro atoms. The summed E-state index contributed by atoms with van der Waals surface area (Å²) in [6.07, 6.45) is 4.47. The number of aliphatic hydroxyl groups is 1. The van der Waals surface area contributed by atoms with Crippen molar-refractivity contribution < 1.29 is 67.0 Å². The second kappa shape index (κ2) is 30.2. The average Bonchev–Trinajstić information content (AvgIpc) is 3.98. The highest BCUT2D eigenvalue weighted by molar-refractivity contribution is 7.80. The molecule has 3 heterocycles. The van der Waals surface area contributed by atoms with Gasteiger partial charge in [0, 0.05) is 68.4 Å². The predicted octanol–water partition coefficient (Wildman–Crippen LogP) is -0.617. The van der Waals surface area contributed by atoms with Crippen LogP contribution in [0.25, 0.3) is 0 Å². The van der Waals surface area contributed by atoms with Crippen LogP contribution in [0.1, 0.15) is 77.1 Å². The van der Waals surface area contributed by atoms with Gasteiger partial charge in [0.15, 0.2) is 11.6 Å². The number of rotatable bonds is 34. The van der Waals surface area contributed by atoms with Gasteiger partial charge in [-0.05, 0) is 57.1 Å². The third-order valence-corrected chi connectivity index (χ3v) is 12.4. The zero-order valence-corrected chi connectivity index (χ0v) is 41.3. The number of nitrogens with two attached hydrogens (primary N) is 2. The van der Waals surface area contributed by atoms with Crippen LogP contribution in [0.4, 0.5) is 0 Å². The quantitative estimate of drug-likeness (QED) is 0.0240. The molecule has 5 amide bonds. The number of aromatic nitrogens is 3. The highest BCUT2D eigenvalue weighted by Gasteiger charge is 2.38. The summed E-state index contributed by atoms with van der Waals surface area (Å²) in [7, 11) is -5.09. The molecule has 1 aliphatic rings. The van der Waals surface area contributed by atoms with Crippen molar-refractivity contribution in [2.75, 3.05) is 51.9 Å². The number of aryl methyl sites for hydroxylation is 2. The predicted molar refractivity (Wildman–Crippen MR) is 253 cm³/mol. The first-order valence-electron chi connectivity index (χ1n) is 23.0. The molecule has 23 nitrogen and oxygen atoms in total. The number of Topliss-reactive ketones (excluding diaryl/α,β-unsaturated/α-hetero) is 2. The molecule has 0 aromatic carbocycles. The van der Waals surface area contributed by atoms with Crippen molar-refractivity contribution in [2.24, 2.45) is 29.2 Å². The number of likely N-dealkylation sites (tertiary alicyclic amines) is 1. The molecule has 10 N–H and O–H groups in total. The first-order valence-corrected chi connectivity index (χ1v) is 25.2. The summed E-state index contributed by atoms with van der Waals surface area (Å²) >= 11 is 3.99. The van der Waals surface area contributed by atoms with E-state index in [1.54, 1.807) is 18.7 Å². The lowest BCUT2D eigenvalue weighted by Gasteiger charge is -2.28. The number of hydrogen-bond acceptors (Lipinski definition) is 16. The molecule has 2 aromatic heterocycles. The molecule has 0 unspecified atom stereocenters. The molecule has 0 aliphatic carbocycles. The van der Waals surface area contributed by atoms with Crippen LogP contribution in [0.5, 0.6) is 0 Å². The Morgan fingerprint density at radius 1 is 0.971 bits per heavy atom. The standard InChI is InChI=1S/C44H70N9O14PS/c1-28(2)20-35(50-44(61)37-10-7-15-53(37)40(57)11-16-65-18-19-66-17-13-49-43(60)34(45)26-69)38(55)22-30(21-32-24-47-27-52(32)14-6-9-31-8-4-5-12-48-31)42(59)51-36(25-54)39(56)23-33(41(46)58)29(3)67-68(62,63)64/h4-5,8,12,24,27-30,33-37,54,69H,6-7,9-11,13-23,25-26,45H2,1-3H3,(H2,46,58)(H,49,60)(H,50,61)(H,51,59)(H2,62,63,64)/t29-,30-,33+,34+,35+,36+,37+/m1/s1. The zero-order chi connectivity index (χ0) is 51.1. The highest BCUT2D eigenvalue weighted by Crippen LogP contribution is 2.39. The van der Waals surface area contributed by atoms with Crippen LogP contribution in [0, 0.1) is 17.8 Å². The number of thiol groups is 1. The Hall–Kier alpha value is -4.65. The minimum atomic E-state index is -5.09. The number of ether oxygens (including phenoxy) is 2. The van der Waals surface area contributed by atoms with Crippen LogP contribution in [0.3, 0.4) is 0 Å². The molecule has 69 heavy (non-hydrogen) atoms. The Morgan fingerprint density at radius 3 is 2.32 bits per heavy atom. The zero-order valence-electron chi connectivity index (χ0n) is 39.5. The van der Waals surface area contributed by atoms with Gasteiger partial charge < -0.3 is 61.3 Å². The van der Waals surface area contributed by atoms with Crippen LogP contribution >= 0.6 is 20.5 Å². The van der Waals surface area contributed by atoms with Crippen molar-refractivity contribution in [3.63, 3.8) is 0 Å². The van der Waals surface area contributed by atoms with E-state index in [9.17, 15) is 53.0 Å². The lowest BCUT2D eigenvalue weighted by molar-refractivity contribution is -0.140. The van der Waals surface area contributed by atoms with Crippen molar-refractivity contribution in [1.29, 1.82) is 0 Å². The van der Waals surface area contributed by atoms with E-state index in [0.717, 1.165) is 12.6 Å². The van der Waals surface area contributed by atoms with Crippen LogP contribution in [-0.4, -0.2) is 158 Å². The Labute approximate surface area is 407 Å². The smallest absolute Gasteiger partial charge is 0.394 e. The number of primary amides is 1. The van der Waals surface area contributed by atoms with Gasteiger partial charge in [0.05, 0.1) is 75.8 Å². The molecular weight excluding hydrogens is 942 g/mol. The number of carbonyl (C=O) groups excluding carboxylic acids is 7. The van der Waals surface area contributed by atoms with Crippen LogP contribution < -0.4 is 27.4 Å². The summed E-state index contributed by atoms with van der Waals surface area (Å²) in [5, 5.41) is 18.2. The number of amides is 5. The fourth-order valence-corrected chi connectivity index (χ4v) is 8.43. The SMILES string of the molecule is CC(C)C[C@H](NC(=O)[C@@H]1CCCN1C(=O)CCOCCOCCNC(=O)[C@@H](N)CS)C(=O)C[C@@H](Cc1cncn1CCCc1ccccn1)C(=O)N[C@@H](CO)C(=O)C[C@H](C(N)=O)[C@@H](C)OP(=O)(O)O. The number of hydrogen-bond donors (Lipinski definition) is 9. The number of phosphoric acid groups is 1. The highest BCUT2D eigenvalue weighted by atomic mass is 32.1. The Morgan fingerprint density at radius 2 is 1.68 bits per heavy atom. The van der Waals surface area contributed by atoms with E-state index in [1.165, 1.54) is 4.90 Å². The van der Waals surface area contributed by atoms with Gasteiger partial charge in [-0.25, -0.2) is 9.55 Å². The largest absolute Gasteiger partial charge is 0.469 e. The number of ketones is 2. The lowest BCUT2D eigenvalue weighted by atomic mass is 9.89. The molecule has 7 atom stereocenters. The fourth-order valence-electron chi connectivity index (χ4n) is 7.69. The third-order valence-electron chi connectivity index (χ3n) is 11.4. The Bertz CT molecular complexity index is 2030. The topological polar surface area (TPSA) is 347 Å². The summed E-state index contributed by atoms with van der Waals surface area (Å²) in [4.78, 5) is 122. The summed E-state index contributed by atoms with van der Waals surface area (Å²) < 4.78 is 28.9. The van der Waals surface area contributed by atoms with Crippen molar-refractivity contribution in [3.05, 3.63) is 48.3 Å². The summed E-state index contributed by atoms with van der Waals surface area (Å²) in [6.45, 7) is 5.70. The second-order valence-corrected chi connectivity index (χ2v) is 18.8. The van der Waals surface area contributed by atoms with Gasteiger partial charge >= 0.3 is 7.82 Å². The Balaban J connectivity index is 1.73. The number of nitrogens with one attached hydrogen (secondary N) is 3. The second-order valence-electron chi connectivity index (χ2n) is 17.3. The van der Waals surface area contributed by atoms with Crippen LogP contribution in [0.15, 0.2) is 36.9 Å². The third kappa shape index (κ3) is 21.1. The summed E-state index contributed by atoms with van der Waals surface area (Å²) in [6, 6.07) is 1.34. The maximum atomic E-state index is 14.4. The molecular formula is C44H70N9O14PS. The van der Waals surface area contributed by atoms with Gasteiger partial charge in [-0.3, -0.25) is 43.1 Å². The molecule has 25 heteroatoms. The molecule has 1 fully saturated rings. The first kappa shape index (κ1) is 58.7. The number of imidazole rings is 1. The van der Waals surface area contributed by atoms with E-state index in [4.69, 9.17) is 20.9 Å². The van der Waals surface area contributed by atoms with Gasteiger partial charge in [0.25, 0.3) is 0 Å². The normalized spacial score (nSPS) is 16.5. The fraction of sp³-hybridized carbons (Fsp3) is 0.659. The van der Waals surface area contributed by atoms with Crippen molar-refractivity contribution in [3.8, 4) is 0 Å². The first-order chi connectivity index (χ1) is 32.7. The molecule has 0 bridgehead atoms. The van der Waals surface area contributed by atoms with E-state index in [0.29, 0.717) is 44.5 Å². The van der Waals surface area contributed by atoms with E-state index in [1.807, 2.05) is 36.6 Å². The molecule has 0 saturated carbocycles. The molecule has 2 aromatic rings. The van der Waals surface area contributed by atoms with Gasteiger partial charge in [0.1, 0.15) is 12.1 Å². The van der Waals surface area contributed by atoms with E-state index in [2.05, 4.69) is 43.1 Å². The maximum Gasteiger partial charge on any atom is 0.469 e. The average molecular weight is 1010 g/mol. The van der Waals surface area contributed by atoms with Crippen LogP contribution in [0.2, 0.25) is 0 Å². The Kier molecular flexibility index (Phi) is 25.6. The molecule has 386 valence electrons. The number of phosphoric ester groups is 1. The van der Waals surface area contributed by atoms with Gasteiger partial charge in [-0.1, -0.05) is 19.9 Å². The van der Waals surface area contributed by atoms with Gasteiger partial charge in [0.2, 0.25) is 29.5 Å². The summed E-state index contributed by atoms with van der Waals surface area (Å²) in [5.74, 6) is -7.11. The van der Waals surface area contributed by atoms with Crippen molar-refractivity contribution in [1.82, 2.24) is 35.4 Å². The number of carbonyl (C=O) groups is 7. The molecule has 1 aliphatic heterocycles. The van der Waals surface area contributed by atoms with Crippen molar-refractivity contribution in [2.45, 2.75) is 115 Å². The number of pyridine rings is 1. The molecule has 3 rings (SSSR count). The van der Waals surface area contributed by atoms with E-state index < -0.39 is 98.7 Å². The monoisotopic (exact) mass is 1010 g/mol. The van der Waals surface area contributed by atoms with E-state index >= 15 is 0 Å². The maximum absolute atomic E-state index is 14.4. The minimum Gasteiger partial charge on any atom is -0.394 e. The number of nitrogens with zero attached hydrogens (tertiary/aromatic N) is 4. The summed E-state index contributed by atoms with van der Waals surface area (Å²) in [5.41, 5.74) is 12.5. The minimum absolute atomic E-state index is 0.00689. The molecule has 1 saturated heterocycles.